The van der Waals surface area contributed by atoms with E-state index < -0.39 is 10.3 Å². The molecule has 0 aliphatic rings. The quantitative estimate of drug-likeness (QED) is 0.326. The number of carbonyl (C=O) groups excluding carboxylic acids is 1. The molecule has 6 nitrogen and oxygen atoms in total. The molecule has 0 saturated carbocycles. The standard InChI is InChI=1S/C22H19N3O3.CHCl3/c1-15-3-2-4-20(24-15)25-22(28)18-9-11-19(12-10-18)23-14-17-7-5-16(6-8-17)13-21(26)27;2-1(3)4/h2-12,14H,13H2,1H3,(H,26,27)(H,24,25,28);1H. The number of aromatic nitrogens is 1. The number of aliphatic imine (C=N–C) groups is 1. The summed E-state index contributed by atoms with van der Waals surface area (Å²) >= 11 is 14.4. The number of rotatable bonds is 6. The maximum Gasteiger partial charge on any atom is 0.307 e. The van der Waals surface area contributed by atoms with Crippen molar-refractivity contribution < 1.29 is 14.7 Å². The summed E-state index contributed by atoms with van der Waals surface area (Å²) in [5.74, 6) is -0.579. The molecule has 1 aromatic heterocycles. The number of pyridine rings is 1. The second-order valence-electron chi connectivity index (χ2n) is 6.48. The van der Waals surface area contributed by atoms with Gasteiger partial charge in [0.2, 0.25) is 0 Å². The number of carbonyl (C=O) groups is 2. The van der Waals surface area contributed by atoms with Crippen LogP contribution in [-0.4, -0.2) is 32.5 Å². The van der Waals surface area contributed by atoms with E-state index in [1.165, 1.54) is 0 Å². The van der Waals surface area contributed by atoms with Gasteiger partial charge in [0.1, 0.15) is 5.82 Å². The number of aliphatic carboxylic acids is 1. The van der Waals surface area contributed by atoms with Crippen LogP contribution in [-0.2, 0) is 11.2 Å². The number of hydrogen-bond donors (Lipinski definition) is 2. The summed E-state index contributed by atoms with van der Waals surface area (Å²) in [6.07, 6.45) is 1.69. The number of carboxylic acid groups (broad SMARTS) is 1. The summed E-state index contributed by atoms with van der Waals surface area (Å²) in [4.78, 5) is 31.6. The predicted octanol–water partition coefficient (Wildman–Crippen LogP) is 6.01. The lowest BCUT2D eigenvalue weighted by Gasteiger charge is -2.05. The fraction of sp³-hybridized carbons (Fsp3) is 0.130. The highest BCUT2D eigenvalue weighted by molar-refractivity contribution is 6.63. The average Bonchev–Trinajstić information content (AvgIpc) is 2.73. The van der Waals surface area contributed by atoms with Gasteiger partial charge in [-0.05, 0) is 54.4 Å². The molecule has 1 heterocycles. The number of aryl methyl sites for hydroxylation is 1. The van der Waals surface area contributed by atoms with E-state index in [9.17, 15) is 9.59 Å². The zero-order chi connectivity index (χ0) is 23.5. The SMILES string of the molecule is Cc1cccc(NC(=O)c2ccc(N=Cc3ccc(CC(=O)O)cc3)cc2)n1.ClC(Cl)Cl. The summed E-state index contributed by atoms with van der Waals surface area (Å²) in [5.41, 5.74) is 3.66. The first-order chi connectivity index (χ1) is 15.2. The Kier molecular flexibility index (Phi) is 10.1. The minimum atomic E-state index is -0.858. The van der Waals surface area contributed by atoms with Crippen molar-refractivity contribution in [2.24, 2.45) is 4.99 Å². The van der Waals surface area contributed by atoms with Crippen LogP contribution >= 0.6 is 34.8 Å². The van der Waals surface area contributed by atoms with Gasteiger partial charge in [0.05, 0.1) is 12.1 Å². The summed E-state index contributed by atoms with van der Waals surface area (Å²) < 4.78 is -0.750. The molecule has 0 bridgehead atoms. The van der Waals surface area contributed by atoms with Crippen molar-refractivity contribution in [2.45, 2.75) is 17.6 Å². The molecule has 2 aromatic carbocycles. The summed E-state index contributed by atoms with van der Waals surface area (Å²) in [6, 6.07) is 19.5. The van der Waals surface area contributed by atoms with Gasteiger partial charge in [0.15, 0.2) is 4.30 Å². The highest BCUT2D eigenvalue weighted by Gasteiger charge is 2.06. The van der Waals surface area contributed by atoms with Gasteiger partial charge in [0, 0.05) is 17.5 Å². The van der Waals surface area contributed by atoms with E-state index in [1.807, 2.05) is 31.2 Å². The molecular formula is C23H20Cl3N3O3. The van der Waals surface area contributed by atoms with Gasteiger partial charge in [-0.2, -0.15) is 0 Å². The van der Waals surface area contributed by atoms with E-state index in [0.717, 1.165) is 16.8 Å². The maximum atomic E-state index is 12.3. The van der Waals surface area contributed by atoms with Crippen molar-refractivity contribution in [2.75, 3.05) is 5.32 Å². The Hall–Kier alpha value is -2.93. The van der Waals surface area contributed by atoms with E-state index in [0.29, 0.717) is 17.1 Å². The number of amides is 1. The van der Waals surface area contributed by atoms with Crippen LogP contribution in [0.25, 0.3) is 0 Å². The van der Waals surface area contributed by atoms with Crippen molar-refractivity contribution in [1.82, 2.24) is 4.98 Å². The number of anilines is 1. The molecule has 9 heteroatoms. The van der Waals surface area contributed by atoms with Crippen LogP contribution in [0.2, 0.25) is 0 Å². The molecule has 166 valence electrons. The number of hydrogen-bond acceptors (Lipinski definition) is 4. The molecule has 3 aromatic rings. The fourth-order valence-electron chi connectivity index (χ4n) is 2.55. The van der Waals surface area contributed by atoms with Crippen molar-refractivity contribution in [3.05, 3.63) is 89.1 Å². The van der Waals surface area contributed by atoms with Crippen molar-refractivity contribution in [1.29, 1.82) is 0 Å². The maximum absolute atomic E-state index is 12.3. The third-order valence-corrected chi connectivity index (χ3v) is 3.96. The van der Waals surface area contributed by atoms with Crippen LogP contribution in [0.4, 0.5) is 11.5 Å². The van der Waals surface area contributed by atoms with Gasteiger partial charge < -0.3 is 10.4 Å². The molecule has 0 unspecified atom stereocenters. The number of alkyl halides is 3. The molecule has 32 heavy (non-hydrogen) atoms. The molecule has 0 aliphatic heterocycles. The Morgan fingerprint density at radius 1 is 1.03 bits per heavy atom. The largest absolute Gasteiger partial charge is 0.481 e. The van der Waals surface area contributed by atoms with Crippen molar-refractivity contribution in [3.63, 3.8) is 0 Å². The van der Waals surface area contributed by atoms with Crippen LogP contribution < -0.4 is 5.32 Å². The Labute approximate surface area is 200 Å². The zero-order valence-electron chi connectivity index (χ0n) is 17.0. The fourth-order valence-corrected chi connectivity index (χ4v) is 2.55. The molecule has 1 amide bonds. The second-order valence-corrected chi connectivity index (χ2v) is 8.46. The molecule has 0 atom stereocenters. The van der Waals surface area contributed by atoms with E-state index in [1.54, 1.807) is 48.7 Å². The molecule has 0 radical (unpaired) electrons. The molecular weight excluding hydrogens is 473 g/mol. The van der Waals surface area contributed by atoms with E-state index >= 15 is 0 Å². The van der Waals surface area contributed by atoms with Gasteiger partial charge in [0.25, 0.3) is 5.91 Å². The van der Waals surface area contributed by atoms with Crippen molar-refractivity contribution >= 4 is 64.4 Å². The van der Waals surface area contributed by atoms with Gasteiger partial charge in [-0.1, -0.05) is 65.1 Å². The first kappa shape index (κ1) is 25.3. The first-order valence-electron chi connectivity index (χ1n) is 9.35. The number of nitrogens with zero attached hydrogens (tertiary/aromatic N) is 2. The number of benzene rings is 2. The minimum Gasteiger partial charge on any atom is -0.481 e. The smallest absolute Gasteiger partial charge is 0.307 e. The van der Waals surface area contributed by atoms with Crippen LogP contribution in [0.1, 0.15) is 27.2 Å². The summed E-state index contributed by atoms with van der Waals surface area (Å²) in [6.45, 7) is 1.86. The predicted molar refractivity (Wildman–Crippen MR) is 130 cm³/mol. The third-order valence-electron chi connectivity index (χ3n) is 3.96. The Bertz CT molecular complexity index is 1070. The molecule has 0 aliphatic carbocycles. The second kappa shape index (κ2) is 12.8. The molecule has 3 rings (SSSR count). The van der Waals surface area contributed by atoms with Crippen LogP contribution in [0.15, 0.2) is 71.7 Å². The Balaban J connectivity index is 0.000000837. The van der Waals surface area contributed by atoms with Crippen LogP contribution in [0.5, 0.6) is 0 Å². The lowest BCUT2D eigenvalue weighted by molar-refractivity contribution is -0.136. The van der Waals surface area contributed by atoms with E-state index in [4.69, 9.17) is 39.9 Å². The van der Waals surface area contributed by atoms with Crippen LogP contribution in [0, 0.1) is 6.92 Å². The van der Waals surface area contributed by atoms with Crippen molar-refractivity contribution in [3.8, 4) is 0 Å². The Morgan fingerprint density at radius 2 is 1.66 bits per heavy atom. The number of nitrogens with one attached hydrogen (secondary N) is 1. The topological polar surface area (TPSA) is 91.7 Å². The molecule has 0 fully saturated rings. The lowest BCUT2D eigenvalue weighted by atomic mass is 10.1. The highest BCUT2D eigenvalue weighted by atomic mass is 35.6. The highest BCUT2D eigenvalue weighted by Crippen LogP contribution is 2.15. The van der Waals surface area contributed by atoms with Gasteiger partial charge in [-0.25, -0.2) is 4.98 Å². The van der Waals surface area contributed by atoms with Gasteiger partial charge >= 0.3 is 5.97 Å². The molecule has 0 saturated heterocycles. The van der Waals surface area contributed by atoms with E-state index in [-0.39, 0.29) is 12.3 Å². The normalized spacial score (nSPS) is 10.5. The molecule has 0 spiro atoms. The van der Waals surface area contributed by atoms with Gasteiger partial charge in [-0.3, -0.25) is 14.6 Å². The first-order valence-corrected chi connectivity index (χ1v) is 10.7. The van der Waals surface area contributed by atoms with E-state index in [2.05, 4.69) is 15.3 Å². The number of carboxylic acids is 1. The summed E-state index contributed by atoms with van der Waals surface area (Å²) in [5, 5.41) is 11.6. The minimum absolute atomic E-state index is 0.000973. The summed E-state index contributed by atoms with van der Waals surface area (Å²) in [7, 11) is 0. The zero-order valence-corrected chi connectivity index (χ0v) is 19.3. The Morgan fingerprint density at radius 3 is 2.22 bits per heavy atom. The average molecular weight is 493 g/mol. The third kappa shape index (κ3) is 9.47. The lowest BCUT2D eigenvalue weighted by Crippen LogP contribution is -2.12. The monoisotopic (exact) mass is 491 g/mol. The molecule has 2 N–H and O–H groups in total. The number of halogens is 3. The van der Waals surface area contributed by atoms with Crippen LogP contribution in [0.3, 0.4) is 0 Å². The van der Waals surface area contributed by atoms with Gasteiger partial charge in [-0.15, -0.1) is 0 Å².